The first-order valence-corrected chi connectivity index (χ1v) is 8.02. The first-order valence-electron chi connectivity index (χ1n) is 5.92. The molecule has 17 heavy (non-hydrogen) atoms. The second kappa shape index (κ2) is 5.91. The number of carbonyl (C=O) groups excluding carboxylic acids is 1. The molecule has 2 nitrogen and oxygen atoms in total. The Morgan fingerprint density at radius 1 is 1.41 bits per heavy atom. The first kappa shape index (κ1) is 13.0. The van der Waals surface area contributed by atoms with E-state index in [-0.39, 0.29) is 11.0 Å². The Hall–Kier alpha value is -0.480. The molecular formula is C13H17NOS2. The quantitative estimate of drug-likeness (QED) is 0.787. The number of hydrogen-bond donors (Lipinski definition) is 0. The number of aryl methyl sites for hydroxylation is 1. The number of hydrogen-bond acceptors (Lipinski definition) is 4. The lowest BCUT2D eigenvalue weighted by molar-refractivity contribution is 0.0987. The summed E-state index contributed by atoms with van der Waals surface area (Å²) in [6, 6.07) is 3.81. The van der Waals surface area contributed by atoms with Crippen LogP contribution in [-0.4, -0.2) is 32.8 Å². The van der Waals surface area contributed by atoms with Crippen molar-refractivity contribution in [3.05, 3.63) is 29.6 Å². The fourth-order valence-corrected chi connectivity index (χ4v) is 4.95. The maximum atomic E-state index is 12.4. The third-order valence-corrected chi connectivity index (χ3v) is 6.15. The van der Waals surface area contributed by atoms with E-state index in [1.54, 1.807) is 18.0 Å². The van der Waals surface area contributed by atoms with Crippen molar-refractivity contribution >= 4 is 29.3 Å². The number of pyridine rings is 1. The molecule has 2 atom stereocenters. The molecular weight excluding hydrogens is 250 g/mol. The highest BCUT2D eigenvalue weighted by molar-refractivity contribution is 8.07. The smallest absolute Gasteiger partial charge is 0.178 e. The Kier molecular flexibility index (Phi) is 4.51. The monoisotopic (exact) mass is 267 g/mol. The molecule has 1 aliphatic rings. The van der Waals surface area contributed by atoms with Gasteiger partial charge in [0.15, 0.2) is 5.78 Å². The third-order valence-electron chi connectivity index (χ3n) is 2.91. The molecule has 1 fully saturated rings. The minimum Gasteiger partial charge on any atom is -0.293 e. The van der Waals surface area contributed by atoms with Crippen LogP contribution in [0.4, 0.5) is 0 Å². The van der Waals surface area contributed by atoms with Crippen molar-refractivity contribution < 1.29 is 4.79 Å². The molecule has 4 heteroatoms. The summed E-state index contributed by atoms with van der Waals surface area (Å²) >= 11 is 3.74. The van der Waals surface area contributed by atoms with Crippen LogP contribution in [0.1, 0.15) is 29.4 Å². The first-order chi connectivity index (χ1) is 8.22. The van der Waals surface area contributed by atoms with Gasteiger partial charge in [0.2, 0.25) is 0 Å². The van der Waals surface area contributed by atoms with Crippen LogP contribution in [0.25, 0.3) is 0 Å². The van der Waals surface area contributed by atoms with Crippen molar-refractivity contribution in [3.8, 4) is 0 Å². The molecule has 0 radical (unpaired) electrons. The maximum Gasteiger partial charge on any atom is 0.178 e. The fourth-order valence-electron chi connectivity index (χ4n) is 1.92. The van der Waals surface area contributed by atoms with Gasteiger partial charge in [-0.15, -0.1) is 11.8 Å². The number of Topliss-reactive ketones (excluding diaryl/α,β-unsaturated/α-hetero) is 1. The van der Waals surface area contributed by atoms with Gasteiger partial charge in [0, 0.05) is 34.2 Å². The molecule has 2 rings (SSSR count). The topological polar surface area (TPSA) is 30.0 Å². The lowest BCUT2D eigenvalue weighted by Crippen LogP contribution is -2.32. The van der Waals surface area contributed by atoms with Crippen LogP contribution >= 0.6 is 23.5 Å². The zero-order chi connectivity index (χ0) is 12.3. The van der Waals surface area contributed by atoms with Gasteiger partial charge in [-0.05, 0) is 25.5 Å². The summed E-state index contributed by atoms with van der Waals surface area (Å²) in [6.07, 6.45) is 2.78. The van der Waals surface area contributed by atoms with Gasteiger partial charge in [0.05, 0.1) is 5.25 Å². The van der Waals surface area contributed by atoms with Gasteiger partial charge in [-0.25, -0.2) is 0 Å². The lowest BCUT2D eigenvalue weighted by Gasteiger charge is -2.28. The Labute approximate surface area is 111 Å². The third kappa shape index (κ3) is 3.05. The van der Waals surface area contributed by atoms with Crippen molar-refractivity contribution in [2.45, 2.75) is 30.8 Å². The number of rotatable bonds is 3. The zero-order valence-electron chi connectivity index (χ0n) is 10.2. The van der Waals surface area contributed by atoms with E-state index < -0.39 is 0 Å². The van der Waals surface area contributed by atoms with E-state index in [2.05, 4.69) is 11.9 Å². The second-order valence-electron chi connectivity index (χ2n) is 4.16. The van der Waals surface area contributed by atoms with Gasteiger partial charge in [0.1, 0.15) is 0 Å². The molecule has 0 bridgehead atoms. The van der Waals surface area contributed by atoms with Crippen molar-refractivity contribution in [3.63, 3.8) is 0 Å². The van der Waals surface area contributed by atoms with Crippen LogP contribution in [0, 0.1) is 6.92 Å². The molecule has 0 aromatic carbocycles. The van der Waals surface area contributed by atoms with Gasteiger partial charge < -0.3 is 0 Å². The average Bonchev–Trinajstić information content (AvgIpc) is 2.39. The zero-order valence-corrected chi connectivity index (χ0v) is 11.8. The van der Waals surface area contributed by atoms with Crippen molar-refractivity contribution in [2.75, 3.05) is 11.5 Å². The molecule has 92 valence electrons. The molecule has 1 aromatic rings. The lowest BCUT2D eigenvalue weighted by atomic mass is 10.1. The summed E-state index contributed by atoms with van der Waals surface area (Å²) in [6.45, 7) is 4.10. The summed E-state index contributed by atoms with van der Waals surface area (Å²) in [7, 11) is 0. The highest BCUT2D eigenvalue weighted by Crippen LogP contribution is 2.35. The standard InChI is InChI=1S/C13H17NOS2/c1-3-11-13(17-7-6-16-11)12(15)10-5-4-9(2)14-8-10/h4-5,8,11,13H,3,6-7H2,1-2H3. The number of carbonyl (C=O) groups is 1. The van der Waals surface area contributed by atoms with E-state index in [4.69, 9.17) is 0 Å². The molecule has 1 saturated heterocycles. The van der Waals surface area contributed by atoms with E-state index in [1.807, 2.05) is 30.8 Å². The van der Waals surface area contributed by atoms with E-state index in [0.29, 0.717) is 5.25 Å². The van der Waals surface area contributed by atoms with Gasteiger partial charge >= 0.3 is 0 Å². The summed E-state index contributed by atoms with van der Waals surface area (Å²) in [5, 5.41) is 0.575. The normalized spacial score (nSPS) is 24.6. The van der Waals surface area contributed by atoms with Crippen LogP contribution in [-0.2, 0) is 0 Å². The molecule has 0 aliphatic carbocycles. The van der Waals surface area contributed by atoms with E-state index >= 15 is 0 Å². The SMILES string of the molecule is CCC1SCCSC1C(=O)c1ccc(C)nc1. The summed E-state index contributed by atoms with van der Waals surface area (Å²) < 4.78 is 0. The molecule has 2 heterocycles. The van der Waals surface area contributed by atoms with Gasteiger partial charge in [0.25, 0.3) is 0 Å². The number of ketones is 1. The number of nitrogens with zero attached hydrogens (tertiary/aromatic N) is 1. The van der Waals surface area contributed by atoms with Crippen LogP contribution in [0.5, 0.6) is 0 Å². The predicted molar refractivity (Wildman–Crippen MR) is 76.1 cm³/mol. The van der Waals surface area contributed by atoms with E-state index in [0.717, 1.165) is 23.4 Å². The van der Waals surface area contributed by atoms with Crippen LogP contribution in [0.15, 0.2) is 18.3 Å². The maximum absolute atomic E-state index is 12.4. The van der Waals surface area contributed by atoms with Crippen LogP contribution in [0.3, 0.4) is 0 Å². The van der Waals surface area contributed by atoms with E-state index in [9.17, 15) is 4.79 Å². The second-order valence-corrected chi connectivity index (χ2v) is 6.76. The average molecular weight is 267 g/mol. The molecule has 0 spiro atoms. The molecule has 1 aromatic heterocycles. The van der Waals surface area contributed by atoms with Gasteiger partial charge in [-0.1, -0.05) is 6.92 Å². The van der Waals surface area contributed by atoms with E-state index in [1.165, 1.54) is 5.75 Å². The van der Waals surface area contributed by atoms with Crippen molar-refractivity contribution in [1.29, 1.82) is 0 Å². The largest absolute Gasteiger partial charge is 0.293 e. The summed E-state index contributed by atoms with van der Waals surface area (Å²) in [4.78, 5) is 16.6. The Morgan fingerprint density at radius 2 is 2.18 bits per heavy atom. The van der Waals surface area contributed by atoms with Crippen molar-refractivity contribution in [1.82, 2.24) is 4.98 Å². The molecule has 0 amide bonds. The minimum atomic E-state index is 0.114. The number of thioether (sulfide) groups is 2. The highest BCUT2D eigenvalue weighted by atomic mass is 32.2. The van der Waals surface area contributed by atoms with Gasteiger partial charge in [-0.3, -0.25) is 9.78 Å². The fraction of sp³-hybridized carbons (Fsp3) is 0.538. The summed E-state index contributed by atoms with van der Waals surface area (Å²) in [5.74, 6) is 2.50. The van der Waals surface area contributed by atoms with Crippen LogP contribution < -0.4 is 0 Å². The highest BCUT2D eigenvalue weighted by Gasteiger charge is 2.31. The summed E-state index contributed by atoms with van der Waals surface area (Å²) in [5.41, 5.74) is 1.72. The van der Waals surface area contributed by atoms with Gasteiger partial charge in [-0.2, -0.15) is 11.8 Å². The number of aromatic nitrogens is 1. The van der Waals surface area contributed by atoms with Crippen molar-refractivity contribution in [2.24, 2.45) is 0 Å². The molecule has 0 N–H and O–H groups in total. The molecule has 2 unspecified atom stereocenters. The minimum absolute atomic E-state index is 0.114. The Morgan fingerprint density at radius 3 is 2.82 bits per heavy atom. The molecule has 0 saturated carbocycles. The Bertz CT molecular complexity index is 391. The predicted octanol–water partition coefficient (Wildman–Crippen LogP) is 3.20. The Balaban J connectivity index is 2.15. The van der Waals surface area contributed by atoms with Crippen LogP contribution in [0.2, 0.25) is 0 Å². The molecule has 1 aliphatic heterocycles.